The molecular weight excluding hydrogens is 520 g/mol. The number of aryl methyl sites for hydroxylation is 2. The van der Waals surface area contributed by atoms with Gasteiger partial charge in [0.2, 0.25) is 15.9 Å². The number of fused-ring (bicyclic) bond motifs is 1. The molecule has 0 N–H and O–H groups in total. The van der Waals surface area contributed by atoms with E-state index in [1.165, 1.54) is 15.6 Å². The zero-order chi connectivity index (χ0) is 26.9. The van der Waals surface area contributed by atoms with Crippen LogP contribution in [0.5, 0.6) is 5.75 Å². The molecule has 1 aliphatic rings. The van der Waals surface area contributed by atoms with Crippen molar-refractivity contribution in [2.45, 2.75) is 38.1 Å². The average molecular weight is 551 g/mol. The van der Waals surface area contributed by atoms with Gasteiger partial charge in [-0.15, -0.1) is 0 Å². The number of carbonyl (C=O) groups is 1. The van der Waals surface area contributed by atoms with E-state index < -0.39 is 10.0 Å². The molecule has 0 bridgehead atoms. The Morgan fingerprint density at radius 1 is 1.11 bits per heavy atom. The molecule has 1 aliphatic heterocycles. The first kappa shape index (κ1) is 26.3. The van der Waals surface area contributed by atoms with Crippen LogP contribution in [-0.4, -0.2) is 48.8 Å². The molecule has 8 nitrogen and oxygen atoms in total. The van der Waals surface area contributed by atoms with Crippen LogP contribution in [0.15, 0.2) is 65.7 Å². The Kier molecular flexibility index (Phi) is 7.47. The minimum Gasteiger partial charge on any atom is -0.497 e. The molecule has 2 aromatic heterocycles. The Bertz CT molecular complexity index is 1550. The number of hydrogen-bond acceptors (Lipinski definition) is 7. The second kappa shape index (κ2) is 10.8. The van der Waals surface area contributed by atoms with E-state index in [2.05, 4.69) is 18.0 Å². The number of carbonyl (C=O) groups excluding carboxylic acids is 1. The van der Waals surface area contributed by atoms with Crippen molar-refractivity contribution in [3.05, 3.63) is 77.6 Å². The molecule has 3 heterocycles. The highest BCUT2D eigenvalue weighted by molar-refractivity contribution is 7.89. The largest absolute Gasteiger partial charge is 0.497 e. The van der Waals surface area contributed by atoms with Crippen LogP contribution in [0.2, 0.25) is 0 Å². The summed E-state index contributed by atoms with van der Waals surface area (Å²) in [5.74, 6) is 0.239. The number of rotatable bonds is 7. The zero-order valence-corrected chi connectivity index (χ0v) is 23.3. The van der Waals surface area contributed by atoms with Gasteiger partial charge in [-0.1, -0.05) is 23.5 Å². The van der Waals surface area contributed by atoms with Gasteiger partial charge in [0.05, 0.1) is 34.5 Å². The number of nitrogens with zero attached hydrogens (tertiary/aromatic N) is 4. The lowest BCUT2D eigenvalue weighted by atomic mass is 9.96. The first-order valence-electron chi connectivity index (χ1n) is 12.5. The van der Waals surface area contributed by atoms with Crippen LogP contribution in [0.1, 0.15) is 29.7 Å². The lowest BCUT2D eigenvalue weighted by Crippen LogP contribution is -2.44. The van der Waals surface area contributed by atoms with Crippen LogP contribution < -0.4 is 9.64 Å². The highest BCUT2D eigenvalue weighted by Gasteiger charge is 2.35. The smallest absolute Gasteiger partial charge is 0.243 e. The van der Waals surface area contributed by atoms with Gasteiger partial charge in [-0.3, -0.25) is 14.7 Å². The minimum atomic E-state index is -3.65. The van der Waals surface area contributed by atoms with Crippen LogP contribution in [0.25, 0.3) is 10.2 Å². The molecule has 5 rings (SSSR count). The normalized spacial score (nSPS) is 15.0. The summed E-state index contributed by atoms with van der Waals surface area (Å²) >= 11 is 1.51. The molecule has 4 aromatic rings. The fourth-order valence-electron chi connectivity index (χ4n) is 4.83. The van der Waals surface area contributed by atoms with Gasteiger partial charge in [-0.25, -0.2) is 13.4 Å². The molecule has 0 unspecified atom stereocenters. The summed E-state index contributed by atoms with van der Waals surface area (Å²) in [7, 11) is -2.11. The van der Waals surface area contributed by atoms with Crippen LogP contribution in [0.4, 0.5) is 5.13 Å². The molecule has 0 radical (unpaired) electrons. The fraction of sp³-hybridized carbons (Fsp3) is 0.321. The van der Waals surface area contributed by atoms with Crippen LogP contribution in [0.3, 0.4) is 0 Å². The summed E-state index contributed by atoms with van der Waals surface area (Å²) in [6.07, 6.45) is 2.60. The van der Waals surface area contributed by atoms with Gasteiger partial charge in [-0.05, 0) is 80.3 Å². The lowest BCUT2D eigenvalue weighted by Gasteiger charge is -2.33. The number of sulfonamides is 1. The van der Waals surface area contributed by atoms with Crippen LogP contribution in [-0.2, 0) is 21.4 Å². The molecule has 1 fully saturated rings. The summed E-state index contributed by atoms with van der Waals surface area (Å²) in [4.78, 5) is 25.1. The molecule has 10 heteroatoms. The third-order valence-corrected chi connectivity index (χ3v) is 9.99. The maximum Gasteiger partial charge on any atom is 0.243 e. The molecule has 198 valence electrons. The molecule has 1 saturated heterocycles. The van der Waals surface area contributed by atoms with E-state index in [4.69, 9.17) is 9.72 Å². The van der Waals surface area contributed by atoms with Gasteiger partial charge in [-0.2, -0.15) is 4.31 Å². The predicted octanol–water partition coefficient (Wildman–Crippen LogP) is 4.95. The van der Waals surface area contributed by atoms with Gasteiger partial charge in [0, 0.05) is 25.2 Å². The van der Waals surface area contributed by atoms with Crippen LogP contribution >= 0.6 is 11.3 Å². The molecule has 0 atom stereocenters. The first-order chi connectivity index (χ1) is 18.3. The van der Waals surface area contributed by atoms with E-state index in [0.29, 0.717) is 30.3 Å². The molecule has 38 heavy (non-hydrogen) atoms. The topological polar surface area (TPSA) is 92.7 Å². The van der Waals surface area contributed by atoms with E-state index >= 15 is 0 Å². The van der Waals surface area contributed by atoms with Crippen LogP contribution in [0, 0.1) is 19.8 Å². The number of pyridine rings is 1. The van der Waals surface area contributed by atoms with Gasteiger partial charge in [0.1, 0.15) is 5.75 Å². The standard InChI is InChI=1S/C28H30N4O4S2/c1-19-16-20(2)26-25(17-19)30-28(37-26)32(18-22-6-4-5-13-29-22)27(33)21-11-14-31(15-12-21)38(34,35)24-9-7-23(36-3)8-10-24/h4-10,13,16-17,21H,11-12,14-15,18H2,1-3H3. The number of hydrogen-bond donors (Lipinski definition) is 0. The number of amides is 1. The number of methoxy groups -OCH3 is 1. The van der Waals surface area contributed by atoms with E-state index in [9.17, 15) is 13.2 Å². The van der Waals surface area contributed by atoms with Crippen molar-refractivity contribution >= 4 is 42.6 Å². The summed E-state index contributed by atoms with van der Waals surface area (Å²) in [6.45, 7) is 4.96. The van der Waals surface area contributed by atoms with Gasteiger partial charge in [0.25, 0.3) is 0 Å². The summed E-state index contributed by atoms with van der Waals surface area (Å²) in [5.41, 5.74) is 3.90. The van der Waals surface area contributed by atoms with Crippen molar-refractivity contribution < 1.29 is 17.9 Å². The molecular formula is C28H30N4O4S2. The molecule has 0 aliphatic carbocycles. The SMILES string of the molecule is COc1ccc(S(=O)(=O)N2CCC(C(=O)N(Cc3ccccn3)c3nc4cc(C)cc(C)c4s3)CC2)cc1. The molecule has 2 aromatic carbocycles. The van der Waals surface area contributed by atoms with E-state index in [0.717, 1.165) is 27.0 Å². The van der Waals surface area contributed by atoms with Gasteiger partial charge >= 0.3 is 0 Å². The average Bonchev–Trinajstić information content (AvgIpc) is 3.36. The van der Waals surface area contributed by atoms with Gasteiger partial charge < -0.3 is 4.74 Å². The molecule has 0 spiro atoms. The quantitative estimate of drug-likeness (QED) is 0.323. The highest BCUT2D eigenvalue weighted by Crippen LogP contribution is 2.35. The third-order valence-electron chi connectivity index (χ3n) is 6.85. The number of thiazole rings is 1. The highest BCUT2D eigenvalue weighted by atomic mass is 32.2. The van der Waals surface area contributed by atoms with Crippen molar-refractivity contribution in [2.75, 3.05) is 25.1 Å². The Hall–Kier alpha value is -3.34. The summed E-state index contributed by atoms with van der Waals surface area (Å²) < 4.78 is 34.0. The fourth-order valence-corrected chi connectivity index (χ4v) is 7.32. The zero-order valence-electron chi connectivity index (χ0n) is 21.6. The first-order valence-corrected chi connectivity index (χ1v) is 14.7. The lowest BCUT2D eigenvalue weighted by molar-refractivity contribution is -0.123. The van der Waals surface area contributed by atoms with Crippen molar-refractivity contribution in [3.63, 3.8) is 0 Å². The number of anilines is 1. The van der Waals surface area contributed by atoms with Crippen molar-refractivity contribution in [1.82, 2.24) is 14.3 Å². The Morgan fingerprint density at radius 3 is 2.50 bits per heavy atom. The Labute approximate surface area is 227 Å². The monoisotopic (exact) mass is 550 g/mol. The molecule has 0 saturated carbocycles. The second-order valence-electron chi connectivity index (χ2n) is 9.53. The maximum atomic E-state index is 13.9. The summed E-state index contributed by atoms with van der Waals surface area (Å²) in [6, 6.07) is 16.2. The Balaban J connectivity index is 1.37. The van der Waals surface area contributed by atoms with Crippen molar-refractivity contribution in [1.29, 1.82) is 0 Å². The number of piperidine rings is 1. The van der Waals surface area contributed by atoms with Crippen molar-refractivity contribution in [2.24, 2.45) is 5.92 Å². The van der Waals surface area contributed by atoms with Gasteiger partial charge in [0.15, 0.2) is 5.13 Å². The Morgan fingerprint density at radius 2 is 1.84 bits per heavy atom. The maximum absolute atomic E-state index is 13.9. The molecule has 1 amide bonds. The van der Waals surface area contributed by atoms with E-state index in [1.807, 2.05) is 31.2 Å². The minimum absolute atomic E-state index is 0.0504. The number of aromatic nitrogens is 2. The number of benzene rings is 2. The van der Waals surface area contributed by atoms with E-state index in [-0.39, 0.29) is 29.8 Å². The van der Waals surface area contributed by atoms with Crippen molar-refractivity contribution in [3.8, 4) is 5.75 Å². The van der Waals surface area contributed by atoms with E-state index in [1.54, 1.807) is 42.5 Å². The second-order valence-corrected chi connectivity index (χ2v) is 12.4. The third kappa shape index (κ3) is 5.29. The number of ether oxygens (including phenoxy) is 1. The summed E-state index contributed by atoms with van der Waals surface area (Å²) in [5, 5.41) is 0.637. The predicted molar refractivity (Wildman–Crippen MR) is 149 cm³/mol.